The second kappa shape index (κ2) is 6.59. The van der Waals surface area contributed by atoms with Gasteiger partial charge in [-0.3, -0.25) is 4.79 Å². The van der Waals surface area contributed by atoms with Crippen molar-refractivity contribution in [3.8, 4) is 0 Å². The lowest BCUT2D eigenvalue weighted by Gasteiger charge is -2.27. The van der Waals surface area contributed by atoms with Gasteiger partial charge in [0.2, 0.25) is 0 Å². The van der Waals surface area contributed by atoms with E-state index in [0.29, 0.717) is 17.4 Å². The highest BCUT2D eigenvalue weighted by Gasteiger charge is 2.26. The van der Waals surface area contributed by atoms with Crippen LogP contribution in [0.4, 0.5) is 5.69 Å². The number of hydrogen-bond donors (Lipinski definition) is 1. The third-order valence-electron chi connectivity index (χ3n) is 3.37. The molecule has 4 nitrogen and oxygen atoms in total. The van der Waals surface area contributed by atoms with Crippen molar-refractivity contribution in [3.63, 3.8) is 0 Å². The molecule has 0 aliphatic heterocycles. The van der Waals surface area contributed by atoms with Gasteiger partial charge in [0.25, 0.3) is 5.91 Å². The molecule has 0 unspecified atom stereocenters. The zero-order chi connectivity index (χ0) is 12.3. The quantitative estimate of drug-likeness (QED) is 0.917. The maximum absolute atomic E-state index is 12.3. The van der Waals surface area contributed by atoms with E-state index in [1.54, 1.807) is 12.1 Å². The Morgan fingerprint density at radius 3 is 2.61 bits per heavy atom. The summed E-state index contributed by atoms with van der Waals surface area (Å²) in [6.45, 7) is 2.77. The van der Waals surface area contributed by atoms with Gasteiger partial charge in [0.1, 0.15) is 5.69 Å². The van der Waals surface area contributed by atoms with Crippen molar-refractivity contribution in [1.29, 1.82) is 0 Å². The molecular formula is C13H20ClN3O. The molecule has 0 bridgehead atoms. The monoisotopic (exact) mass is 269 g/mol. The molecule has 2 rings (SSSR count). The van der Waals surface area contributed by atoms with E-state index >= 15 is 0 Å². The van der Waals surface area contributed by atoms with Gasteiger partial charge in [0.05, 0.1) is 11.9 Å². The normalized spacial score (nSPS) is 15.2. The summed E-state index contributed by atoms with van der Waals surface area (Å²) < 4.78 is 0. The number of hydrogen-bond acceptors (Lipinski definition) is 3. The maximum atomic E-state index is 12.3. The second-order valence-corrected chi connectivity index (χ2v) is 4.51. The number of nitrogens with two attached hydrogens (primary N) is 1. The summed E-state index contributed by atoms with van der Waals surface area (Å²) >= 11 is 0. The molecule has 0 spiro atoms. The minimum absolute atomic E-state index is 0. The lowest BCUT2D eigenvalue weighted by Crippen LogP contribution is -2.39. The lowest BCUT2D eigenvalue weighted by atomic mass is 10.2. The number of rotatable bonds is 3. The number of aromatic nitrogens is 1. The van der Waals surface area contributed by atoms with E-state index in [1.165, 1.54) is 19.0 Å². The Bertz CT molecular complexity index is 388. The van der Waals surface area contributed by atoms with E-state index in [-0.39, 0.29) is 18.3 Å². The predicted molar refractivity (Wildman–Crippen MR) is 74.9 cm³/mol. The number of pyridine rings is 1. The van der Waals surface area contributed by atoms with Crippen molar-refractivity contribution in [1.82, 2.24) is 9.88 Å². The van der Waals surface area contributed by atoms with Crippen molar-refractivity contribution in [3.05, 3.63) is 24.0 Å². The van der Waals surface area contributed by atoms with Gasteiger partial charge in [0.15, 0.2) is 0 Å². The maximum Gasteiger partial charge on any atom is 0.272 e. The minimum Gasteiger partial charge on any atom is -0.397 e. The van der Waals surface area contributed by atoms with Crippen LogP contribution in [0.1, 0.15) is 43.1 Å². The van der Waals surface area contributed by atoms with Crippen LogP contribution < -0.4 is 5.73 Å². The Kier molecular flexibility index (Phi) is 5.41. The molecule has 2 N–H and O–H groups in total. The van der Waals surface area contributed by atoms with Gasteiger partial charge in [-0.15, -0.1) is 12.4 Å². The van der Waals surface area contributed by atoms with Gasteiger partial charge in [0, 0.05) is 12.6 Å². The molecule has 1 aliphatic rings. The van der Waals surface area contributed by atoms with E-state index in [2.05, 4.69) is 4.98 Å². The van der Waals surface area contributed by atoms with Crippen LogP contribution in [0.15, 0.2) is 18.3 Å². The number of carbonyl (C=O) groups is 1. The summed E-state index contributed by atoms with van der Waals surface area (Å²) in [6, 6.07) is 3.82. The highest BCUT2D eigenvalue weighted by molar-refractivity contribution is 5.92. The van der Waals surface area contributed by atoms with Crippen molar-refractivity contribution in [2.75, 3.05) is 12.3 Å². The fourth-order valence-corrected chi connectivity index (χ4v) is 2.46. The molecule has 100 valence electrons. The van der Waals surface area contributed by atoms with Crippen LogP contribution in [-0.2, 0) is 0 Å². The number of halogens is 1. The highest BCUT2D eigenvalue weighted by Crippen LogP contribution is 2.24. The number of nitrogens with zero attached hydrogens (tertiary/aromatic N) is 2. The Labute approximate surface area is 114 Å². The molecule has 1 aliphatic carbocycles. The van der Waals surface area contributed by atoms with Crippen molar-refractivity contribution in [2.45, 2.75) is 38.6 Å². The first-order valence-electron chi connectivity index (χ1n) is 6.25. The van der Waals surface area contributed by atoms with Crippen LogP contribution in [-0.4, -0.2) is 28.4 Å². The zero-order valence-corrected chi connectivity index (χ0v) is 11.4. The molecule has 0 atom stereocenters. The van der Waals surface area contributed by atoms with Gasteiger partial charge in [-0.25, -0.2) is 4.98 Å². The highest BCUT2D eigenvalue weighted by atomic mass is 35.5. The van der Waals surface area contributed by atoms with Crippen LogP contribution in [0.5, 0.6) is 0 Å². The van der Waals surface area contributed by atoms with Crippen LogP contribution in [0.3, 0.4) is 0 Å². The van der Waals surface area contributed by atoms with Crippen LogP contribution >= 0.6 is 12.4 Å². The molecule has 0 radical (unpaired) electrons. The molecule has 18 heavy (non-hydrogen) atoms. The van der Waals surface area contributed by atoms with Gasteiger partial charge in [-0.2, -0.15) is 0 Å². The molecule has 0 aromatic carbocycles. The smallest absolute Gasteiger partial charge is 0.272 e. The Balaban J connectivity index is 0.00000162. The van der Waals surface area contributed by atoms with E-state index in [9.17, 15) is 4.79 Å². The Morgan fingerprint density at radius 1 is 1.44 bits per heavy atom. The molecule has 1 fully saturated rings. The van der Waals surface area contributed by atoms with Crippen molar-refractivity contribution >= 4 is 24.0 Å². The average molecular weight is 270 g/mol. The van der Waals surface area contributed by atoms with E-state index < -0.39 is 0 Å². The Morgan fingerprint density at radius 2 is 2.11 bits per heavy atom. The summed E-state index contributed by atoms with van der Waals surface area (Å²) in [5.74, 6) is 0.0272. The SMILES string of the molecule is CCN(C(=O)c1ccc(N)cn1)C1CCCC1.Cl. The summed E-state index contributed by atoms with van der Waals surface area (Å²) in [5.41, 5.74) is 6.65. The topological polar surface area (TPSA) is 59.2 Å². The van der Waals surface area contributed by atoms with Crippen molar-refractivity contribution in [2.24, 2.45) is 0 Å². The first-order chi connectivity index (χ1) is 8.22. The van der Waals surface area contributed by atoms with Gasteiger partial charge >= 0.3 is 0 Å². The summed E-state index contributed by atoms with van der Waals surface area (Å²) in [6.07, 6.45) is 6.23. The second-order valence-electron chi connectivity index (χ2n) is 4.51. The summed E-state index contributed by atoms with van der Waals surface area (Å²) in [7, 11) is 0. The largest absolute Gasteiger partial charge is 0.397 e. The third-order valence-corrected chi connectivity index (χ3v) is 3.37. The minimum atomic E-state index is 0. The number of nitrogen functional groups attached to an aromatic ring is 1. The average Bonchev–Trinajstić information content (AvgIpc) is 2.84. The molecule has 1 aromatic rings. The molecule has 1 saturated carbocycles. The number of carbonyl (C=O) groups excluding carboxylic acids is 1. The third kappa shape index (κ3) is 3.13. The number of anilines is 1. The first kappa shape index (κ1) is 14.8. The molecule has 5 heteroatoms. The molecule has 1 aromatic heterocycles. The van der Waals surface area contributed by atoms with Crippen LogP contribution in [0, 0.1) is 0 Å². The fourth-order valence-electron chi connectivity index (χ4n) is 2.46. The Hall–Kier alpha value is -1.29. The molecule has 1 amide bonds. The number of amides is 1. The van der Waals surface area contributed by atoms with E-state index in [4.69, 9.17) is 5.73 Å². The van der Waals surface area contributed by atoms with Crippen LogP contribution in [0.2, 0.25) is 0 Å². The predicted octanol–water partition coefficient (Wildman–Crippen LogP) is 2.49. The van der Waals surface area contributed by atoms with Gasteiger partial charge in [-0.1, -0.05) is 12.8 Å². The zero-order valence-electron chi connectivity index (χ0n) is 10.6. The van der Waals surface area contributed by atoms with E-state index in [0.717, 1.165) is 19.4 Å². The lowest BCUT2D eigenvalue weighted by molar-refractivity contribution is 0.0687. The fraction of sp³-hybridized carbons (Fsp3) is 0.538. The molecular weight excluding hydrogens is 250 g/mol. The molecule has 1 heterocycles. The summed E-state index contributed by atoms with van der Waals surface area (Å²) in [4.78, 5) is 18.3. The first-order valence-corrected chi connectivity index (χ1v) is 6.25. The van der Waals surface area contributed by atoms with Gasteiger partial charge in [-0.05, 0) is 31.9 Å². The van der Waals surface area contributed by atoms with Gasteiger partial charge < -0.3 is 10.6 Å². The van der Waals surface area contributed by atoms with Crippen LogP contribution in [0.25, 0.3) is 0 Å². The molecule has 0 saturated heterocycles. The standard InChI is InChI=1S/C13H19N3O.ClH/c1-2-16(11-5-3-4-6-11)13(17)12-8-7-10(14)9-15-12;/h7-9,11H,2-6,14H2,1H3;1H. The van der Waals surface area contributed by atoms with Crippen molar-refractivity contribution < 1.29 is 4.79 Å². The summed E-state index contributed by atoms with van der Waals surface area (Å²) in [5, 5.41) is 0. The van der Waals surface area contributed by atoms with E-state index in [1.807, 2.05) is 11.8 Å².